The molecule has 0 saturated carbocycles. The van der Waals surface area contributed by atoms with Gasteiger partial charge >= 0.3 is 0 Å². The maximum absolute atomic E-state index is 13.6. The molecule has 4 aromatic rings. The lowest BCUT2D eigenvalue weighted by atomic mass is 10.1. The number of anilines is 1. The average Bonchev–Trinajstić information content (AvgIpc) is 3.24. The van der Waals surface area contributed by atoms with Gasteiger partial charge in [0.15, 0.2) is 5.76 Å². The molecular formula is C16H11ClFN5OS. The number of nitrogens with zero attached hydrogens (tertiary/aromatic N) is 3. The molecule has 2 aromatic heterocycles. The first-order chi connectivity index (χ1) is 12.1. The van der Waals surface area contributed by atoms with E-state index in [0.29, 0.717) is 39.3 Å². The fourth-order valence-electron chi connectivity index (χ4n) is 2.43. The van der Waals surface area contributed by atoms with Crippen LogP contribution in [0.2, 0.25) is 5.02 Å². The molecule has 2 heterocycles. The Morgan fingerprint density at radius 2 is 2.12 bits per heavy atom. The third kappa shape index (κ3) is 3.18. The Labute approximate surface area is 151 Å². The second kappa shape index (κ2) is 6.38. The number of aromatic nitrogens is 4. The molecule has 0 fully saturated rings. The molecule has 0 radical (unpaired) electrons. The summed E-state index contributed by atoms with van der Waals surface area (Å²) in [5.74, 6) is 0.577. The van der Waals surface area contributed by atoms with Crippen molar-refractivity contribution in [2.75, 3.05) is 5.32 Å². The Bertz CT molecular complexity index is 1050. The highest BCUT2D eigenvalue weighted by atomic mass is 35.5. The molecular weight excluding hydrogens is 365 g/mol. The molecule has 0 atom stereocenters. The van der Waals surface area contributed by atoms with Gasteiger partial charge < -0.3 is 9.73 Å². The van der Waals surface area contributed by atoms with Crippen LogP contribution in [0.1, 0.15) is 5.56 Å². The van der Waals surface area contributed by atoms with Crippen LogP contribution in [0.4, 0.5) is 10.1 Å². The minimum atomic E-state index is -0.383. The zero-order valence-corrected chi connectivity index (χ0v) is 14.3. The lowest BCUT2D eigenvalue weighted by Crippen LogP contribution is -2.00. The number of furan rings is 1. The van der Waals surface area contributed by atoms with E-state index in [0.717, 1.165) is 10.9 Å². The number of hydrogen-bond donors (Lipinski definition) is 3. The molecule has 9 heteroatoms. The molecule has 4 rings (SSSR count). The molecule has 0 unspecified atom stereocenters. The minimum absolute atomic E-state index is 0.301. The SMILES string of the molecule is Fc1cc(NCc2cc3oc(-c4nnn[nH]4)cc3cc2Cl)ccc1S. The van der Waals surface area contributed by atoms with Crippen LogP contribution < -0.4 is 5.32 Å². The van der Waals surface area contributed by atoms with Crippen LogP contribution in [0.15, 0.2) is 45.7 Å². The van der Waals surface area contributed by atoms with Crippen molar-refractivity contribution in [1.82, 2.24) is 20.6 Å². The van der Waals surface area contributed by atoms with E-state index in [2.05, 4.69) is 38.6 Å². The summed E-state index contributed by atoms with van der Waals surface area (Å²) in [6, 6.07) is 10.2. The fraction of sp³-hybridized carbons (Fsp3) is 0.0625. The van der Waals surface area contributed by atoms with Gasteiger partial charge in [-0.25, -0.2) is 9.49 Å². The Morgan fingerprint density at radius 1 is 1.24 bits per heavy atom. The lowest BCUT2D eigenvalue weighted by Gasteiger charge is -2.09. The van der Waals surface area contributed by atoms with E-state index in [1.807, 2.05) is 12.1 Å². The highest BCUT2D eigenvalue weighted by Gasteiger charge is 2.12. The van der Waals surface area contributed by atoms with E-state index in [-0.39, 0.29) is 5.82 Å². The van der Waals surface area contributed by atoms with Crippen LogP contribution in [0, 0.1) is 5.82 Å². The predicted octanol–water partition coefficient (Wildman–Crippen LogP) is 4.31. The number of benzene rings is 2. The summed E-state index contributed by atoms with van der Waals surface area (Å²) in [5.41, 5.74) is 2.12. The smallest absolute Gasteiger partial charge is 0.215 e. The van der Waals surface area contributed by atoms with Crippen molar-refractivity contribution in [3.63, 3.8) is 0 Å². The normalized spacial score (nSPS) is 11.2. The summed E-state index contributed by atoms with van der Waals surface area (Å²) in [6.07, 6.45) is 0. The van der Waals surface area contributed by atoms with Gasteiger partial charge in [-0.15, -0.1) is 17.7 Å². The van der Waals surface area contributed by atoms with Crippen LogP contribution in [-0.2, 0) is 6.54 Å². The van der Waals surface area contributed by atoms with Gasteiger partial charge in [0.1, 0.15) is 11.4 Å². The summed E-state index contributed by atoms with van der Waals surface area (Å²) in [4.78, 5) is 0.301. The van der Waals surface area contributed by atoms with Crippen molar-refractivity contribution in [2.24, 2.45) is 0 Å². The summed E-state index contributed by atoms with van der Waals surface area (Å²) in [5, 5.41) is 18.1. The van der Waals surface area contributed by atoms with E-state index >= 15 is 0 Å². The second-order valence-electron chi connectivity index (χ2n) is 5.36. The quantitative estimate of drug-likeness (QED) is 0.463. The fourth-order valence-corrected chi connectivity index (χ4v) is 2.81. The molecule has 0 aliphatic rings. The van der Waals surface area contributed by atoms with Crippen LogP contribution >= 0.6 is 24.2 Å². The van der Waals surface area contributed by atoms with Gasteiger partial charge in [-0.05, 0) is 52.4 Å². The van der Waals surface area contributed by atoms with E-state index in [4.69, 9.17) is 16.0 Å². The van der Waals surface area contributed by atoms with Gasteiger partial charge in [-0.1, -0.05) is 11.6 Å². The largest absolute Gasteiger partial charge is 0.453 e. The molecule has 6 nitrogen and oxygen atoms in total. The lowest BCUT2D eigenvalue weighted by molar-refractivity contribution is 0.603. The van der Waals surface area contributed by atoms with E-state index in [9.17, 15) is 4.39 Å². The number of hydrogen-bond acceptors (Lipinski definition) is 6. The van der Waals surface area contributed by atoms with Crippen LogP contribution in [-0.4, -0.2) is 20.6 Å². The minimum Gasteiger partial charge on any atom is -0.453 e. The molecule has 126 valence electrons. The summed E-state index contributed by atoms with van der Waals surface area (Å²) in [7, 11) is 0. The van der Waals surface area contributed by atoms with Crippen molar-refractivity contribution >= 4 is 40.9 Å². The topological polar surface area (TPSA) is 79.6 Å². The molecule has 0 amide bonds. The molecule has 0 saturated heterocycles. The van der Waals surface area contributed by atoms with E-state index in [1.54, 1.807) is 18.2 Å². The number of nitrogens with one attached hydrogen (secondary N) is 2. The summed E-state index contributed by atoms with van der Waals surface area (Å²) in [6.45, 7) is 0.417. The molecule has 0 spiro atoms. The maximum Gasteiger partial charge on any atom is 0.215 e. The Morgan fingerprint density at radius 3 is 2.88 bits per heavy atom. The number of rotatable bonds is 4. The number of fused-ring (bicyclic) bond motifs is 1. The van der Waals surface area contributed by atoms with Crippen molar-refractivity contribution in [2.45, 2.75) is 11.4 Å². The maximum atomic E-state index is 13.6. The summed E-state index contributed by atoms with van der Waals surface area (Å²) >= 11 is 10.4. The van der Waals surface area contributed by atoms with Gasteiger partial charge in [-0.2, -0.15) is 0 Å². The number of aromatic amines is 1. The predicted molar refractivity (Wildman–Crippen MR) is 95.4 cm³/mol. The molecule has 2 N–H and O–H groups in total. The monoisotopic (exact) mass is 375 g/mol. The van der Waals surface area contributed by atoms with E-state index in [1.165, 1.54) is 6.07 Å². The zero-order chi connectivity index (χ0) is 17.4. The van der Waals surface area contributed by atoms with Gasteiger partial charge in [0, 0.05) is 27.5 Å². The van der Waals surface area contributed by atoms with Gasteiger partial charge in [-0.3, -0.25) is 0 Å². The molecule has 0 aliphatic heterocycles. The van der Waals surface area contributed by atoms with Crippen LogP contribution in [0.25, 0.3) is 22.6 Å². The van der Waals surface area contributed by atoms with Crippen LogP contribution in [0.3, 0.4) is 0 Å². The average molecular weight is 376 g/mol. The number of thiol groups is 1. The first-order valence-corrected chi connectivity index (χ1v) is 8.11. The van der Waals surface area contributed by atoms with Crippen LogP contribution in [0.5, 0.6) is 0 Å². The zero-order valence-electron chi connectivity index (χ0n) is 12.6. The first kappa shape index (κ1) is 15.9. The van der Waals surface area contributed by atoms with Gasteiger partial charge in [0.2, 0.25) is 5.82 Å². The molecule has 25 heavy (non-hydrogen) atoms. The van der Waals surface area contributed by atoms with Crippen molar-refractivity contribution in [1.29, 1.82) is 0 Å². The van der Waals surface area contributed by atoms with E-state index < -0.39 is 0 Å². The van der Waals surface area contributed by atoms with Crippen molar-refractivity contribution in [3.05, 3.63) is 52.8 Å². The highest BCUT2D eigenvalue weighted by Crippen LogP contribution is 2.30. The van der Waals surface area contributed by atoms with Crippen molar-refractivity contribution < 1.29 is 8.81 Å². The molecule has 2 aromatic carbocycles. The Balaban J connectivity index is 1.60. The van der Waals surface area contributed by atoms with Gasteiger partial charge in [0.25, 0.3) is 0 Å². The number of H-pyrrole nitrogens is 1. The van der Waals surface area contributed by atoms with Gasteiger partial charge in [0.05, 0.1) is 0 Å². The second-order valence-corrected chi connectivity index (χ2v) is 6.25. The Kier molecular flexibility index (Phi) is 4.06. The number of tetrazole rings is 1. The highest BCUT2D eigenvalue weighted by molar-refractivity contribution is 7.80. The standard InChI is InChI=1S/C16H11ClFN5OS/c17-11-3-8-4-14(16-20-22-23-21-16)24-13(8)5-9(11)7-19-10-1-2-15(25)12(18)6-10/h1-6,19,25H,7H2,(H,20,21,22,23). The third-order valence-electron chi connectivity index (χ3n) is 3.69. The number of halogens is 2. The Hall–Kier alpha value is -2.58. The molecule has 0 aliphatic carbocycles. The first-order valence-electron chi connectivity index (χ1n) is 7.28. The summed E-state index contributed by atoms with van der Waals surface area (Å²) < 4.78 is 19.3. The van der Waals surface area contributed by atoms with Crippen molar-refractivity contribution in [3.8, 4) is 11.6 Å². The third-order valence-corrected chi connectivity index (χ3v) is 4.41. The molecule has 0 bridgehead atoms.